The van der Waals surface area contributed by atoms with E-state index in [2.05, 4.69) is 6.92 Å². The van der Waals surface area contributed by atoms with Crippen molar-refractivity contribution in [3.8, 4) is 40.1 Å². The summed E-state index contributed by atoms with van der Waals surface area (Å²) in [6, 6.07) is 5.28. The molecule has 17 nitrogen and oxygen atoms in total. The molecule has 9 N–H and O–H groups in total. The van der Waals surface area contributed by atoms with Crippen LogP contribution in [0.3, 0.4) is 0 Å². The minimum Gasteiger partial charge on any atom is -0.508 e. The van der Waals surface area contributed by atoms with Gasteiger partial charge in [0.2, 0.25) is 17.5 Å². The van der Waals surface area contributed by atoms with E-state index >= 15 is 0 Å². The highest BCUT2D eigenvalue weighted by Gasteiger charge is 2.49. The van der Waals surface area contributed by atoms with E-state index < -0.39 is 119 Å². The van der Waals surface area contributed by atoms with Gasteiger partial charge in [-0.1, -0.05) is 96.8 Å². The summed E-state index contributed by atoms with van der Waals surface area (Å²) in [6.45, 7) is 3.13. The molecule has 0 bridgehead atoms. The number of benzene rings is 2. The third-order valence-corrected chi connectivity index (χ3v) is 11.5. The fraction of sp³-hybridized carbons (Fsp3) is 0.644. The number of phenolic OH excluding ortho intramolecular Hbond substituents is 4. The Balaban J connectivity index is 1.11. The average Bonchev–Trinajstić information content (AvgIpc) is 3.23. The van der Waals surface area contributed by atoms with Crippen molar-refractivity contribution in [2.24, 2.45) is 0 Å². The lowest BCUT2D eigenvalue weighted by Crippen LogP contribution is -2.62. The Hall–Kier alpha value is -4.20. The maximum Gasteiger partial charge on any atom is 0.306 e. The second-order valence-corrected chi connectivity index (χ2v) is 16.4. The van der Waals surface area contributed by atoms with Crippen molar-refractivity contribution in [1.82, 2.24) is 0 Å². The Morgan fingerprint density at radius 3 is 1.87 bits per heavy atom. The smallest absolute Gasteiger partial charge is 0.306 e. The first-order valence-corrected chi connectivity index (χ1v) is 22.0. The first-order valence-electron chi connectivity index (χ1n) is 22.0. The van der Waals surface area contributed by atoms with Crippen LogP contribution in [0.4, 0.5) is 0 Å². The molecule has 17 heteroatoms. The first kappa shape index (κ1) is 48.8. The molecule has 3 heterocycles. The maximum atomic E-state index is 13.8. The molecule has 2 fully saturated rings. The summed E-state index contributed by atoms with van der Waals surface area (Å²) in [6.07, 6.45) is 1.81. The fourth-order valence-corrected chi connectivity index (χ4v) is 7.84. The van der Waals surface area contributed by atoms with Gasteiger partial charge in [-0.2, -0.15) is 0 Å². The number of fused-ring (bicyclic) bond motifs is 1. The molecule has 2 aliphatic heterocycles. The van der Waals surface area contributed by atoms with E-state index in [0.29, 0.717) is 6.42 Å². The molecule has 10 atom stereocenters. The molecule has 346 valence electrons. The van der Waals surface area contributed by atoms with Gasteiger partial charge in [0.25, 0.3) is 0 Å². The standard InChI is InChI=1S/C45H64O17/c1-3-4-5-6-7-8-9-10-11-12-13-14-15-16-17-18-33(50)61-41-25(2)58-44(40(56)38(41)54)57-24-32-35(51)37(53)39(55)45(60-32)62-43-36(52)34-30(49)22-27(46)23-31(34)59-42(43)26-19-20-28(47)29(48)21-26/h19-23,25,32,35,37-41,44-49,51,53-56H,3-18,24H2,1-2H3/t25-,32+,35+,37-,38-,39+,40+,41-,44+,45-/m0/s1. The van der Waals surface area contributed by atoms with Crippen LogP contribution in [0.2, 0.25) is 0 Å². The molecule has 2 aliphatic rings. The van der Waals surface area contributed by atoms with Gasteiger partial charge in [0.15, 0.2) is 29.7 Å². The summed E-state index contributed by atoms with van der Waals surface area (Å²) in [5, 5.41) is 94.4. The molecule has 2 aromatic carbocycles. The normalized spacial score (nSPS) is 26.4. The molecule has 0 aliphatic carbocycles. The van der Waals surface area contributed by atoms with E-state index in [4.69, 9.17) is 28.1 Å². The minimum absolute atomic E-state index is 0.0342. The average molecular weight is 877 g/mol. The van der Waals surface area contributed by atoms with Crippen LogP contribution in [0.1, 0.15) is 117 Å². The number of aliphatic hydroxyl groups is 5. The Kier molecular flexibility index (Phi) is 18.5. The second kappa shape index (κ2) is 23.5. The number of hydrogen-bond acceptors (Lipinski definition) is 17. The minimum atomic E-state index is -1.99. The van der Waals surface area contributed by atoms with Crippen molar-refractivity contribution >= 4 is 16.9 Å². The third-order valence-electron chi connectivity index (χ3n) is 11.5. The van der Waals surface area contributed by atoms with Crippen LogP contribution in [-0.2, 0) is 23.7 Å². The molecule has 3 aromatic rings. The molecule has 0 saturated carbocycles. The zero-order valence-corrected chi connectivity index (χ0v) is 35.5. The number of aliphatic hydroxyl groups excluding tert-OH is 5. The van der Waals surface area contributed by atoms with Gasteiger partial charge in [-0.15, -0.1) is 0 Å². The van der Waals surface area contributed by atoms with Crippen LogP contribution in [0.15, 0.2) is 39.5 Å². The summed E-state index contributed by atoms with van der Waals surface area (Å²) < 4.78 is 34.3. The lowest BCUT2D eigenvalue weighted by atomic mass is 9.98. The molecule has 0 amide bonds. The quantitative estimate of drug-likeness (QED) is 0.0339. The maximum absolute atomic E-state index is 13.8. The summed E-state index contributed by atoms with van der Waals surface area (Å²) >= 11 is 0. The van der Waals surface area contributed by atoms with Crippen molar-refractivity contribution in [2.75, 3.05) is 6.61 Å². The van der Waals surface area contributed by atoms with Gasteiger partial charge in [0.1, 0.15) is 59.1 Å². The highest BCUT2D eigenvalue weighted by Crippen LogP contribution is 2.39. The number of esters is 1. The van der Waals surface area contributed by atoms with E-state index in [0.717, 1.165) is 43.5 Å². The Bertz CT molecular complexity index is 1930. The van der Waals surface area contributed by atoms with Crippen molar-refractivity contribution in [3.63, 3.8) is 0 Å². The van der Waals surface area contributed by atoms with Crippen LogP contribution in [-0.4, -0.2) is 120 Å². The zero-order chi connectivity index (χ0) is 44.9. The second-order valence-electron chi connectivity index (χ2n) is 16.4. The van der Waals surface area contributed by atoms with Gasteiger partial charge in [-0.25, -0.2) is 0 Å². The number of carbonyl (C=O) groups excluding carboxylic acids is 1. The van der Waals surface area contributed by atoms with E-state index in [1.807, 2.05) is 0 Å². The predicted octanol–water partition coefficient (Wildman–Crippen LogP) is 5.13. The van der Waals surface area contributed by atoms with Gasteiger partial charge in [0, 0.05) is 24.1 Å². The van der Waals surface area contributed by atoms with Gasteiger partial charge < -0.3 is 74.1 Å². The fourth-order valence-electron chi connectivity index (χ4n) is 7.84. The summed E-state index contributed by atoms with van der Waals surface area (Å²) in [5.74, 6) is -3.89. The lowest BCUT2D eigenvalue weighted by molar-refractivity contribution is -0.319. The molecule has 0 unspecified atom stereocenters. The topological polar surface area (TPSA) is 276 Å². The molecule has 62 heavy (non-hydrogen) atoms. The third kappa shape index (κ3) is 12.7. The van der Waals surface area contributed by atoms with E-state index in [1.165, 1.54) is 83.6 Å². The van der Waals surface area contributed by atoms with Crippen molar-refractivity contribution in [2.45, 2.75) is 178 Å². The van der Waals surface area contributed by atoms with Gasteiger partial charge in [-0.05, 0) is 31.5 Å². The predicted molar refractivity (Wildman–Crippen MR) is 224 cm³/mol. The Morgan fingerprint density at radius 2 is 1.26 bits per heavy atom. The summed E-state index contributed by atoms with van der Waals surface area (Å²) in [4.78, 5) is 26.5. The molecular formula is C45H64O17. The summed E-state index contributed by atoms with van der Waals surface area (Å²) in [5.41, 5.74) is -1.36. The van der Waals surface area contributed by atoms with Crippen LogP contribution in [0.5, 0.6) is 28.7 Å². The molecule has 5 rings (SSSR count). The summed E-state index contributed by atoms with van der Waals surface area (Å²) in [7, 11) is 0. The highest BCUT2D eigenvalue weighted by molar-refractivity contribution is 5.88. The van der Waals surface area contributed by atoms with Crippen LogP contribution >= 0.6 is 0 Å². The van der Waals surface area contributed by atoms with Crippen molar-refractivity contribution in [3.05, 3.63) is 40.6 Å². The van der Waals surface area contributed by atoms with Crippen LogP contribution < -0.4 is 10.2 Å². The van der Waals surface area contributed by atoms with E-state index in [9.17, 15) is 55.5 Å². The van der Waals surface area contributed by atoms with Gasteiger partial charge in [-0.3, -0.25) is 9.59 Å². The number of phenols is 4. The molecule has 0 spiro atoms. The first-order chi connectivity index (χ1) is 29.7. The molecule has 2 saturated heterocycles. The molecule has 1 aromatic heterocycles. The van der Waals surface area contributed by atoms with Crippen molar-refractivity contribution < 1.29 is 78.9 Å². The zero-order valence-electron chi connectivity index (χ0n) is 35.5. The SMILES string of the molecule is CCCCCCCCCCCCCCCCCC(=O)O[C@@H]1[C@@H](O)[C@@H](O)[C@H](OC[C@H]2O[C@@H](Oc3c(-c4ccc(O)c(O)c4)oc4cc(O)cc(O)c4c3=O)[C@H](O)[C@@H](O)[C@@H]2O)O[C@H]1C. The Morgan fingerprint density at radius 1 is 0.661 bits per heavy atom. The van der Waals surface area contributed by atoms with Crippen molar-refractivity contribution in [1.29, 1.82) is 0 Å². The lowest BCUT2D eigenvalue weighted by Gasteiger charge is -2.43. The molecule has 0 radical (unpaired) electrons. The number of ether oxygens (including phenoxy) is 5. The highest BCUT2D eigenvalue weighted by atomic mass is 16.7. The Labute approximate surface area is 360 Å². The monoisotopic (exact) mass is 876 g/mol. The number of rotatable bonds is 23. The largest absolute Gasteiger partial charge is 0.508 e. The number of aromatic hydroxyl groups is 4. The molecular weight excluding hydrogens is 812 g/mol. The van der Waals surface area contributed by atoms with Crippen LogP contribution in [0, 0.1) is 0 Å². The number of unbranched alkanes of at least 4 members (excludes halogenated alkanes) is 14. The van der Waals surface area contributed by atoms with E-state index in [-0.39, 0.29) is 17.6 Å². The number of hydrogen-bond donors (Lipinski definition) is 9. The van der Waals surface area contributed by atoms with Crippen LogP contribution in [0.25, 0.3) is 22.3 Å². The van der Waals surface area contributed by atoms with E-state index in [1.54, 1.807) is 0 Å². The van der Waals surface area contributed by atoms with Gasteiger partial charge >= 0.3 is 5.97 Å². The number of carbonyl (C=O) groups is 1. The van der Waals surface area contributed by atoms with Gasteiger partial charge in [0.05, 0.1) is 12.7 Å².